The van der Waals surface area contributed by atoms with Crippen molar-refractivity contribution in [2.45, 2.75) is 24.7 Å². The van der Waals surface area contributed by atoms with E-state index < -0.39 is 10.1 Å². The summed E-state index contributed by atoms with van der Waals surface area (Å²) in [6.07, 6.45) is 1.96. The fourth-order valence-corrected chi connectivity index (χ4v) is 2.42. The SMILES string of the molecule is C=C1CCC(C)=C1Nc1ccc(S(=O)(=O)O)cc1. The van der Waals surface area contributed by atoms with E-state index in [-0.39, 0.29) is 4.90 Å². The predicted molar refractivity (Wildman–Crippen MR) is 71.0 cm³/mol. The third-order valence-electron chi connectivity index (χ3n) is 3.00. The Kier molecular flexibility index (Phi) is 3.28. The second kappa shape index (κ2) is 4.59. The number of rotatable bonds is 3. The van der Waals surface area contributed by atoms with Crippen molar-refractivity contribution in [2.24, 2.45) is 0 Å². The Hall–Kier alpha value is -1.59. The van der Waals surface area contributed by atoms with E-state index in [0.717, 1.165) is 29.8 Å². The minimum Gasteiger partial charge on any atom is -0.355 e. The lowest BCUT2D eigenvalue weighted by Crippen LogP contribution is -2.01. The number of hydrogen-bond acceptors (Lipinski definition) is 3. The van der Waals surface area contributed by atoms with Crippen molar-refractivity contribution in [1.29, 1.82) is 0 Å². The zero-order valence-corrected chi connectivity index (χ0v) is 10.9. The highest BCUT2D eigenvalue weighted by atomic mass is 32.2. The summed E-state index contributed by atoms with van der Waals surface area (Å²) < 4.78 is 30.7. The van der Waals surface area contributed by atoms with Gasteiger partial charge in [-0.3, -0.25) is 4.55 Å². The van der Waals surface area contributed by atoms with Crippen LogP contribution in [0.2, 0.25) is 0 Å². The number of nitrogens with one attached hydrogen (secondary N) is 1. The van der Waals surface area contributed by atoms with Crippen molar-refractivity contribution < 1.29 is 13.0 Å². The number of hydrogen-bond donors (Lipinski definition) is 2. The standard InChI is InChI=1S/C13H15NO3S/c1-9-3-4-10(2)13(9)14-11-5-7-12(8-6-11)18(15,16)17/h5-8,14H,1,3-4H2,2H3,(H,15,16,17). The van der Waals surface area contributed by atoms with Gasteiger partial charge in [-0.05, 0) is 55.2 Å². The monoisotopic (exact) mass is 265 g/mol. The van der Waals surface area contributed by atoms with Gasteiger partial charge in [0.15, 0.2) is 0 Å². The molecule has 18 heavy (non-hydrogen) atoms. The van der Waals surface area contributed by atoms with Crippen molar-refractivity contribution >= 4 is 15.8 Å². The molecule has 0 saturated carbocycles. The molecule has 0 saturated heterocycles. The molecule has 0 aliphatic heterocycles. The van der Waals surface area contributed by atoms with Crippen molar-refractivity contribution in [1.82, 2.24) is 0 Å². The van der Waals surface area contributed by atoms with Gasteiger partial charge >= 0.3 is 0 Å². The minimum atomic E-state index is -4.13. The van der Waals surface area contributed by atoms with Crippen LogP contribution in [0.5, 0.6) is 0 Å². The Morgan fingerprint density at radius 3 is 2.28 bits per heavy atom. The molecule has 0 spiro atoms. The van der Waals surface area contributed by atoms with E-state index in [4.69, 9.17) is 4.55 Å². The molecule has 0 radical (unpaired) electrons. The Morgan fingerprint density at radius 1 is 1.22 bits per heavy atom. The minimum absolute atomic E-state index is 0.107. The summed E-state index contributed by atoms with van der Waals surface area (Å²) in [5.41, 5.74) is 4.11. The van der Waals surface area contributed by atoms with Crippen LogP contribution in [-0.2, 0) is 10.1 Å². The number of benzene rings is 1. The van der Waals surface area contributed by atoms with E-state index in [1.54, 1.807) is 12.1 Å². The molecular formula is C13H15NO3S. The van der Waals surface area contributed by atoms with Crippen molar-refractivity contribution in [3.8, 4) is 0 Å². The van der Waals surface area contributed by atoms with Crippen LogP contribution >= 0.6 is 0 Å². The lowest BCUT2D eigenvalue weighted by Gasteiger charge is -2.10. The van der Waals surface area contributed by atoms with E-state index in [2.05, 4.69) is 11.9 Å². The first-order valence-electron chi connectivity index (χ1n) is 5.60. The average Bonchev–Trinajstić information content (AvgIpc) is 2.60. The van der Waals surface area contributed by atoms with Crippen LogP contribution in [0.25, 0.3) is 0 Å². The molecule has 0 heterocycles. The second-order valence-corrected chi connectivity index (χ2v) is 5.80. The van der Waals surface area contributed by atoms with E-state index in [1.165, 1.54) is 17.7 Å². The van der Waals surface area contributed by atoms with Crippen LogP contribution in [0.1, 0.15) is 19.8 Å². The average molecular weight is 265 g/mol. The number of anilines is 1. The molecule has 0 fully saturated rings. The molecule has 0 aromatic heterocycles. The Balaban J connectivity index is 2.22. The molecule has 0 amide bonds. The third-order valence-corrected chi connectivity index (χ3v) is 3.87. The predicted octanol–water partition coefficient (Wildman–Crippen LogP) is 2.97. The maximum absolute atomic E-state index is 10.9. The van der Waals surface area contributed by atoms with E-state index in [0.29, 0.717) is 0 Å². The number of allylic oxidation sites excluding steroid dienone is 2. The first-order valence-corrected chi connectivity index (χ1v) is 7.04. The third kappa shape index (κ3) is 2.63. The molecule has 1 aromatic carbocycles. The second-order valence-electron chi connectivity index (χ2n) is 4.38. The molecule has 1 aliphatic carbocycles. The van der Waals surface area contributed by atoms with Gasteiger partial charge in [0.2, 0.25) is 0 Å². The Morgan fingerprint density at radius 2 is 1.83 bits per heavy atom. The summed E-state index contributed by atoms with van der Waals surface area (Å²) in [4.78, 5) is -0.107. The first-order chi connectivity index (χ1) is 8.38. The van der Waals surface area contributed by atoms with Gasteiger partial charge in [-0.15, -0.1) is 0 Å². The molecule has 0 bridgehead atoms. The van der Waals surface area contributed by atoms with Crippen molar-refractivity contribution in [3.05, 3.63) is 47.7 Å². The van der Waals surface area contributed by atoms with E-state index >= 15 is 0 Å². The largest absolute Gasteiger partial charge is 0.355 e. The first kappa shape index (κ1) is 12.9. The van der Waals surface area contributed by atoms with Crippen molar-refractivity contribution in [2.75, 3.05) is 5.32 Å². The van der Waals surface area contributed by atoms with Gasteiger partial charge in [0.25, 0.3) is 10.1 Å². The van der Waals surface area contributed by atoms with Gasteiger partial charge in [-0.2, -0.15) is 8.42 Å². The quantitative estimate of drug-likeness (QED) is 0.825. The fourth-order valence-electron chi connectivity index (χ4n) is 1.94. The van der Waals surface area contributed by atoms with Gasteiger partial charge in [-0.25, -0.2) is 0 Å². The summed E-state index contributed by atoms with van der Waals surface area (Å²) in [7, 11) is -4.13. The van der Waals surface area contributed by atoms with E-state index in [1.807, 2.05) is 6.92 Å². The van der Waals surface area contributed by atoms with Crippen LogP contribution in [0.4, 0.5) is 5.69 Å². The zero-order valence-electron chi connectivity index (χ0n) is 10.1. The smallest absolute Gasteiger partial charge is 0.294 e. The maximum atomic E-state index is 10.9. The topological polar surface area (TPSA) is 66.4 Å². The highest BCUT2D eigenvalue weighted by Crippen LogP contribution is 2.30. The highest BCUT2D eigenvalue weighted by Gasteiger charge is 2.15. The lowest BCUT2D eigenvalue weighted by atomic mass is 10.2. The summed E-state index contributed by atoms with van der Waals surface area (Å²) in [6.45, 7) is 6.03. The van der Waals surface area contributed by atoms with E-state index in [9.17, 15) is 8.42 Å². The molecule has 4 nitrogen and oxygen atoms in total. The molecule has 5 heteroatoms. The molecule has 0 unspecified atom stereocenters. The summed E-state index contributed by atoms with van der Waals surface area (Å²) >= 11 is 0. The van der Waals surface area contributed by atoms with Crippen LogP contribution in [0.3, 0.4) is 0 Å². The summed E-state index contributed by atoms with van der Waals surface area (Å²) in [5.74, 6) is 0. The van der Waals surface area contributed by atoms with Crippen LogP contribution < -0.4 is 5.32 Å². The van der Waals surface area contributed by atoms with Crippen LogP contribution in [0.15, 0.2) is 52.6 Å². The lowest BCUT2D eigenvalue weighted by molar-refractivity contribution is 0.483. The molecule has 2 N–H and O–H groups in total. The molecule has 1 aliphatic rings. The zero-order chi connectivity index (χ0) is 13.3. The van der Waals surface area contributed by atoms with Crippen LogP contribution in [-0.4, -0.2) is 13.0 Å². The molecule has 96 valence electrons. The van der Waals surface area contributed by atoms with Crippen LogP contribution in [0, 0.1) is 0 Å². The Bertz CT molecular complexity index is 612. The Labute approximate surface area is 107 Å². The van der Waals surface area contributed by atoms with Gasteiger partial charge in [0, 0.05) is 11.4 Å². The molecular weight excluding hydrogens is 250 g/mol. The maximum Gasteiger partial charge on any atom is 0.294 e. The summed E-state index contributed by atoms with van der Waals surface area (Å²) in [6, 6.07) is 5.97. The fraction of sp³-hybridized carbons (Fsp3) is 0.231. The van der Waals surface area contributed by atoms with Gasteiger partial charge in [-0.1, -0.05) is 6.58 Å². The van der Waals surface area contributed by atoms with Gasteiger partial charge < -0.3 is 5.32 Å². The van der Waals surface area contributed by atoms with Crippen molar-refractivity contribution in [3.63, 3.8) is 0 Å². The van der Waals surface area contributed by atoms with Gasteiger partial charge in [0.05, 0.1) is 4.90 Å². The normalized spacial score (nSPS) is 16.2. The van der Waals surface area contributed by atoms with Gasteiger partial charge in [0.1, 0.15) is 0 Å². The summed E-state index contributed by atoms with van der Waals surface area (Å²) in [5, 5.41) is 3.22. The molecule has 1 aromatic rings. The highest BCUT2D eigenvalue weighted by molar-refractivity contribution is 7.85. The molecule has 0 atom stereocenters. The molecule has 2 rings (SSSR count).